The summed E-state index contributed by atoms with van der Waals surface area (Å²) in [4.78, 5) is 31.1. The van der Waals surface area contributed by atoms with E-state index in [9.17, 15) is 9.59 Å². The van der Waals surface area contributed by atoms with Gasteiger partial charge in [-0.1, -0.05) is 48.6 Å². The van der Waals surface area contributed by atoms with Crippen molar-refractivity contribution < 1.29 is 4.79 Å². The number of fused-ring (bicyclic) bond motifs is 1. The number of rotatable bonds is 4. The van der Waals surface area contributed by atoms with Crippen LogP contribution in [0.4, 0.5) is 0 Å². The van der Waals surface area contributed by atoms with E-state index in [1.165, 1.54) is 6.42 Å². The minimum atomic E-state index is -0.112. The van der Waals surface area contributed by atoms with Crippen molar-refractivity contribution in [2.45, 2.75) is 58.5 Å². The molecule has 1 N–H and O–H groups in total. The van der Waals surface area contributed by atoms with Crippen LogP contribution in [0.25, 0.3) is 10.9 Å². The summed E-state index contributed by atoms with van der Waals surface area (Å²) in [6.07, 6.45) is 5.49. The third kappa shape index (κ3) is 4.26. The van der Waals surface area contributed by atoms with Crippen molar-refractivity contribution in [1.29, 1.82) is 0 Å². The molecule has 1 aliphatic carbocycles. The monoisotopic (exact) mass is 388 g/mol. The number of pyridine rings is 1. The van der Waals surface area contributed by atoms with Gasteiger partial charge in [0.2, 0.25) is 0 Å². The fraction of sp³-hybridized carbons (Fsp3) is 0.360. The highest BCUT2D eigenvalue weighted by Gasteiger charge is 2.27. The van der Waals surface area contributed by atoms with Crippen LogP contribution in [-0.4, -0.2) is 21.8 Å². The SMILES string of the molecule is Cc1cccc(C(=O)N(Cc2cc3cc(C)ccc3[nH]c2=O)C2CCCCC2)c1. The lowest BCUT2D eigenvalue weighted by molar-refractivity contribution is 0.0613. The topological polar surface area (TPSA) is 53.2 Å². The number of hydrogen-bond donors (Lipinski definition) is 1. The van der Waals surface area contributed by atoms with Gasteiger partial charge in [-0.05, 0) is 62.4 Å². The molecule has 4 heteroatoms. The Labute approximate surface area is 171 Å². The van der Waals surface area contributed by atoms with Crippen molar-refractivity contribution in [3.63, 3.8) is 0 Å². The molecule has 0 saturated heterocycles. The van der Waals surface area contributed by atoms with Crippen molar-refractivity contribution in [3.05, 3.63) is 81.1 Å². The van der Waals surface area contributed by atoms with Gasteiger partial charge in [0, 0.05) is 22.7 Å². The van der Waals surface area contributed by atoms with Gasteiger partial charge < -0.3 is 9.88 Å². The van der Waals surface area contributed by atoms with Crippen LogP contribution in [0.1, 0.15) is 59.2 Å². The van der Waals surface area contributed by atoms with E-state index >= 15 is 0 Å². The molecule has 1 fully saturated rings. The molecule has 3 aromatic rings. The number of hydrogen-bond acceptors (Lipinski definition) is 2. The number of carbonyl (C=O) groups excluding carboxylic acids is 1. The van der Waals surface area contributed by atoms with Crippen LogP contribution in [0.2, 0.25) is 0 Å². The Bertz CT molecular complexity index is 1090. The Morgan fingerprint density at radius 1 is 1.00 bits per heavy atom. The number of nitrogens with zero attached hydrogens (tertiary/aromatic N) is 1. The van der Waals surface area contributed by atoms with E-state index in [0.717, 1.165) is 47.7 Å². The van der Waals surface area contributed by atoms with Gasteiger partial charge in [-0.15, -0.1) is 0 Å². The highest BCUT2D eigenvalue weighted by molar-refractivity contribution is 5.94. The van der Waals surface area contributed by atoms with Crippen LogP contribution >= 0.6 is 0 Å². The summed E-state index contributed by atoms with van der Waals surface area (Å²) in [6.45, 7) is 4.38. The summed E-state index contributed by atoms with van der Waals surface area (Å²) in [5.74, 6) is 0.0179. The van der Waals surface area contributed by atoms with Crippen molar-refractivity contribution in [2.24, 2.45) is 0 Å². The standard InChI is InChI=1S/C25H28N2O2/c1-17-7-6-8-19(13-17)25(29)27(22-9-4-3-5-10-22)16-21-15-20-14-18(2)11-12-23(20)26-24(21)28/h6-8,11-15,22H,3-5,9-10,16H2,1-2H3,(H,26,28). The normalized spacial score (nSPS) is 14.8. The number of amides is 1. The molecule has 1 saturated carbocycles. The number of aromatic amines is 1. The second-order valence-corrected chi connectivity index (χ2v) is 8.31. The summed E-state index contributed by atoms with van der Waals surface area (Å²) in [7, 11) is 0. The first kappa shape index (κ1) is 19.4. The zero-order valence-electron chi connectivity index (χ0n) is 17.2. The number of H-pyrrole nitrogens is 1. The van der Waals surface area contributed by atoms with Gasteiger partial charge >= 0.3 is 0 Å². The fourth-order valence-electron chi connectivity index (χ4n) is 4.38. The van der Waals surface area contributed by atoms with E-state index in [2.05, 4.69) is 11.1 Å². The van der Waals surface area contributed by atoms with E-state index in [1.807, 2.05) is 61.2 Å². The first-order chi connectivity index (χ1) is 14.0. The second-order valence-electron chi connectivity index (χ2n) is 8.31. The molecule has 4 nitrogen and oxygen atoms in total. The molecule has 2 aromatic carbocycles. The van der Waals surface area contributed by atoms with E-state index < -0.39 is 0 Å². The smallest absolute Gasteiger partial charge is 0.254 e. The molecule has 1 amide bonds. The van der Waals surface area contributed by atoms with E-state index in [4.69, 9.17) is 0 Å². The van der Waals surface area contributed by atoms with Gasteiger partial charge in [0.15, 0.2) is 0 Å². The van der Waals surface area contributed by atoms with Crippen LogP contribution in [0.3, 0.4) is 0 Å². The zero-order chi connectivity index (χ0) is 20.4. The van der Waals surface area contributed by atoms with Gasteiger partial charge in [0.25, 0.3) is 11.5 Å². The molecule has 0 unspecified atom stereocenters. The Morgan fingerprint density at radius 2 is 1.76 bits per heavy atom. The molecule has 0 atom stereocenters. The van der Waals surface area contributed by atoms with Crippen LogP contribution < -0.4 is 5.56 Å². The maximum atomic E-state index is 13.4. The molecule has 1 heterocycles. The second kappa shape index (κ2) is 8.24. The fourth-order valence-corrected chi connectivity index (χ4v) is 4.38. The Morgan fingerprint density at radius 3 is 2.52 bits per heavy atom. The Hall–Kier alpha value is -2.88. The molecule has 0 bridgehead atoms. The molecule has 0 aliphatic heterocycles. The maximum Gasteiger partial charge on any atom is 0.254 e. The number of aromatic nitrogens is 1. The van der Waals surface area contributed by atoms with E-state index in [0.29, 0.717) is 17.7 Å². The van der Waals surface area contributed by atoms with Crippen molar-refractivity contribution in [2.75, 3.05) is 0 Å². The quantitative estimate of drug-likeness (QED) is 0.674. The Balaban J connectivity index is 1.71. The molecule has 0 radical (unpaired) electrons. The van der Waals surface area contributed by atoms with Gasteiger partial charge in [-0.3, -0.25) is 9.59 Å². The minimum Gasteiger partial charge on any atom is -0.331 e. The first-order valence-corrected chi connectivity index (χ1v) is 10.5. The molecule has 150 valence electrons. The van der Waals surface area contributed by atoms with Crippen molar-refractivity contribution >= 4 is 16.8 Å². The number of benzene rings is 2. The summed E-state index contributed by atoms with van der Waals surface area (Å²) < 4.78 is 0. The molecule has 1 aromatic heterocycles. The van der Waals surface area contributed by atoms with Gasteiger partial charge in [0.05, 0.1) is 6.54 Å². The van der Waals surface area contributed by atoms with Crippen molar-refractivity contribution in [1.82, 2.24) is 9.88 Å². The molecule has 0 spiro atoms. The maximum absolute atomic E-state index is 13.4. The van der Waals surface area contributed by atoms with Crippen LogP contribution in [0.5, 0.6) is 0 Å². The van der Waals surface area contributed by atoms with Gasteiger partial charge in [-0.25, -0.2) is 0 Å². The van der Waals surface area contributed by atoms with Crippen molar-refractivity contribution in [3.8, 4) is 0 Å². The van der Waals surface area contributed by atoms with E-state index in [1.54, 1.807) is 0 Å². The van der Waals surface area contributed by atoms with Gasteiger partial charge in [-0.2, -0.15) is 0 Å². The van der Waals surface area contributed by atoms with Crippen LogP contribution in [-0.2, 0) is 6.54 Å². The largest absolute Gasteiger partial charge is 0.331 e. The van der Waals surface area contributed by atoms with Crippen LogP contribution in [0, 0.1) is 13.8 Å². The third-order valence-electron chi connectivity index (χ3n) is 5.96. The highest BCUT2D eigenvalue weighted by atomic mass is 16.2. The van der Waals surface area contributed by atoms with E-state index in [-0.39, 0.29) is 17.5 Å². The summed E-state index contributed by atoms with van der Waals surface area (Å²) >= 11 is 0. The number of nitrogens with one attached hydrogen (secondary N) is 1. The summed E-state index contributed by atoms with van der Waals surface area (Å²) in [5, 5.41) is 1.01. The lowest BCUT2D eigenvalue weighted by Gasteiger charge is -2.34. The summed E-state index contributed by atoms with van der Waals surface area (Å²) in [5.41, 5.74) is 4.28. The lowest BCUT2D eigenvalue weighted by Crippen LogP contribution is -2.42. The predicted octanol–water partition coefficient (Wildman–Crippen LogP) is 5.12. The Kier molecular flexibility index (Phi) is 5.52. The van der Waals surface area contributed by atoms with Crippen LogP contribution in [0.15, 0.2) is 53.3 Å². The summed E-state index contributed by atoms with van der Waals surface area (Å²) in [6, 6.07) is 15.9. The van der Waals surface area contributed by atoms with Gasteiger partial charge in [0.1, 0.15) is 0 Å². The average Bonchev–Trinajstić information content (AvgIpc) is 2.72. The molecular weight excluding hydrogens is 360 g/mol. The first-order valence-electron chi connectivity index (χ1n) is 10.5. The minimum absolute atomic E-state index is 0.0179. The molecule has 1 aliphatic rings. The molecular formula is C25H28N2O2. The molecule has 29 heavy (non-hydrogen) atoms. The molecule has 4 rings (SSSR count). The number of carbonyl (C=O) groups is 1. The predicted molar refractivity (Wildman–Crippen MR) is 117 cm³/mol. The highest BCUT2D eigenvalue weighted by Crippen LogP contribution is 2.26. The number of aryl methyl sites for hydroxylation is 2. The average molecular weight is 389 g/mol. The lowest BCUT2D eigenvalue weighted by atomic mass is 9.93. The third-order valence-corrected chi connectivity index (χ3v) is 5.96. The zero-order valence-corrected chi connectivity index (χ0v) is 17.2.